The first-order valence-electron chi connectivity index (χ1n) is 4.79. The van der Waals surface area contributed by atoms with Crippen LogP contribution >= 0.6 is 0 Å². The van der Waals surface area contributed by atoms with E-state index in [2.05, 4.69) is 5.32 Å². The minimum absolute atomic E-state index is 0.531. The van der Waals surface area contributed by atoms with Gasteiger partial charge in [0.1, 0.15) is 12.1 Å². The first-order valence-corrected chi connectivity index (χ1v) is 4.79. The summed E-state index contributed by atoms with van der Waals surface area (Å²) in [6.45, 7) is 1.40. The molecule has 0 aliphatic rings. The molecule has 0 aliphatic heterocycles. The molecule has 0 radical (unpaired) electrons. The van der Waals surface area contributed by atoms with Crippen molar-refractivity contribution in [2.45, 2.75) is 19.0 Å². The number of rotatable bonds is 5. The van der Waals surface area contributed by atoms with E-state index < -0.39 is 24.0 Å². The third-order valence-corrected chi connectivity index (χ3v) is 2.17. The number of aliphatic carboxylic acids is 2. The Morgan fingerprint density at radius 1 is 1.12 bits per heavy atom. The van der Waals surface area contributed by atoms with Crippen LogP contribution in [0.25, 0.3) is 0 Å². The molecular weight excluding hydrogens is 210 g/mol. The van der Waals surface area contributed by atoms with Crippen LogP contribution < -0.4 is 5.32 Å². The van der Waals surface area contributed by atoms with Gasteiger partial charge in [0.25, 0.3) is 0 Å². The van der Waals surface area contributed by atoms with Crippen molar-refractivity contribution in [3.05, 3.63) is 35.9 Å². The van der Waals surface area contributed by atoms with Gasteiger partial charge in [-0.05, 0) is 12.5 Å². The Kier molecular flexibility index (Phi) is 4.02. The third-order valence-electron chi connectivity index (χ3n) is 2.17. The number of hydrogen-bond donors (Lipinski definition) is 3. The Morgan fingerprint density at radius 3 is 2.12 bits per heavy atom. The summed E-state index contributed by atoms with van der Waals surface area (Å²) in [5.74, 6) is -2.18. The van der Waals surface area contributed by atoms with Crippen LogP contribution in [0.4, 0.5) is 0 Å². The molecule has 0 heterocycles. The van der Waals surface area contributed by atoms with Gasteiger partial charge in [0, 0.05) is 0 Å². The molecule has 0 spiro atoms. The molecule has 2 atom stereocenters. The van der Waals surface area contributed by atoms with E-state index in [0.717, 1.165) is 0 Å². The van der Waals surface area contributed by atoms with Gasteiger partial charge in [0.2, 0.25) is 0 Å². The number of carboxylic acids is 2. The maximum atomic E-state index is 11.0. The second kappa shape index (κ2) is 5.27. The van der Waals surface area contributed by atoms with Gasteiger partial charge in [0.15, 0.2) is 0 Å². The molecule has 0 amide bonds. The standard InChI is InChI=1S/C11H13NO4/c1-7(10(13)14)12-9(11(15)16)8-5-3-2-4-6-8/h2-7,9,12H,1H3,(H,13,14)(H,15,16). The number of nitrogens with one attached hydrogen (secondary N) is 1. The second-order valence-electron chi connectivity index (χ2n) is 3.41. The van der Waals surface area contributed by atoms with Gasteiger partial charge in [-0.1, -0.05) is 30.3 Å². The summed E-state index contributed by atoms with van der Waals surface area (Å²) < 4.78 is 0. The predicted molar refractivity (Wildman–Crippen MR) is 57.1 cm³/mol. The van der Waals surface area contributed by atoms with Crippen molar-refractivity contribution < 1.29 is 19.8 Å². The molecule has 0 saturated heterocycles. The second-order valence-corrected chi connectivity index (χ2v) is 3.41. The van der Waals surface area contributed by atoms with Gasteiger partial charge >= 0.3 is 11.9 Å². The SMILES string of the molecule is CC(NC(C(=O)O)c1ccccc1)C(=O)O. The monoisotopic (exact) mass is 223 g/mol. The number of benzene rings is 1. The molecule has 0 bridgehead atoms. The first-order chi connectivity index (χ1) is 7.52. The van der Waals surface area contributed by atoms with Crippen LogP contribution in [0.3, 0.4) is 0 Å². The van der Waals surface area contributed by atoms with Gasteiger partial charge < -0.3 is 10.2 Å². The molecule has 16 heavy (non-hydrogen) atoms. The van der Waals surface area contributed by atoms with Crippen molar-refractivity contribution in [2.24, 2.45) is 0 Å². The van der Waals surface area contributed by atoms with E-state index >= 15 is 0 Å². The Balaban J connectivity index is 2.85. The molecule has 2 unspecified atom stereocenters. The van der Waals surface area contributed by atoms with Gasteiger partial charge in [-0.3, -0.25) is 14.9 Å². The summed E-state index contributed by atoms with van der Waals surface area (Å²) >= 11 is 0. The van der Waals surface area contributed by atoms with E-state index in [1.54, 1.807) is 30.3 Å². The van der Waals surface area contributed by atoms with Crippen LogP contribution in [0.15, 0.2) is 30.3 Å². The van der Waals surface area contributed by atoms with Crippen LogP contribution in [-0.4, -0.2) is 28.2 Å². The molecule has 5 nitrogen and oxygen atoms in total. The van der Waals surface area contributed by atoms with E-state index in [9.17, 15) is 9.59 Å². The Labute approximate surface area is 92.7 Å². The van der Waals surface area contributed by atoms with E-state index in [1.165, 1.54) is 6.92 Å². The molecule has 0 aliphatic carbocycles. The highest BCUT2D eigenvalue weighted by atomic mass is 16.4. The fourth-order valence-electron chi connectivity index (χ4n) is 1.28. The zero-order valence-corrected chi connectivity index (χ0v) is 8.75. The van der Waals surface area contributed by atoms with Crippen molar-refractivity contribution in [1.82, 2.24) is 5.32 Å². The molecule has 5 heteroatoms. The number of carbonyl (C=O) groups is 2. The minimum atomic E-state index is -1.10. The summed E-state index contributed by atoms with van der Waals surface area (Å²) in [5.41, 5.74) is 0.531. The largest absolute Gasteiger partial charge is 0.480 e. The average Bonchev–Trinajstić information content (AvgIpc) is 2.26. The molecule has 1 rings (SSSR count). The van der Waals surface area contributed by atoms with Crippen LogP contribution in [0.2, 0.25) is 0 Å². The molecule has 0 fully saturated rings. The normalized spacial score (nSPS) is 14.1. The van der Waals surface area contributed by atoms with Crippen LogP contribution in [-0.2, 0) is 9.59 Å². The van der Waals surface area contributed by atoms with E-state index in [1.807, 2.05) is 0 Å². The quantitative estimate of drug-likeness (QED) is 0.689. The molecule has 0 saturated carbocycles. The summed E-state index contributed by atoms with van der Waals surface area (Å²) in [6, 6.07) is 6.54. The lowest BCUT2D eigenvalue weighted by Gasteiger charge is -2.17. The van der Waals surface area contributed by atoms with Crippen LogP contribution in [0.1, 0.15) is 18.5 Å². The van der Waals surface area contributed by atoms with Crippen LogP contribution in [0.5, 0.6) is 0 Å². The van der Waals surface area contributed by atoms with Crippen molar-refractivity contribution in [3.8, 4) is 0 Å². The lowest BCUT2D eigenvalue weighted by molar-refractivity contribution is -0.142. The summed E-state index contributed by atoms with van der Waals surface area (Å²) in [5, 5.41) is 20.2. The lowest BCUT2D eigenvalue weighted by atomic mass is 10.1. The van der Waals surface area contributed by atoms with Gasteiger partial charge in [-0.25, -0.2) is 0 Å². The predicted octanol–water partition coefficient (Wildman–Crippen LogP) is 0.875. The molecule has 1 aromatic carbocycles. The van der Waals surface area contributed by atoms with Gasteiger partial charge in [-0.2, -0.15) is 0 Å². The summed E-state index contributed by atoms with van der Waals surface area (Å²) in [4.78, 5) is 21.6. The maximum absolute atomic E-state index is 11.0. The zero-order chi connectivity index (χ0) is 12.1. The highest BCUT2D eigenvalue weighted by Gasteiger charge is 2.23. The Bertz CT molecular complexity index is 377. The summed E-state index contributed by atoms with van der Waals surface area (Å²) in [6.07, 6.45) is 0. The van der Waals surface area contributed by atoms with Crippen LogP contribution in [0, 0.1) is 0 Å². The highest BCUT2D eigenvalue weighted by Crippen LogP contribution is 2.13. The minimum Gasteiger partial charge on any atom is -0.480 e. The lowest BCUT2D eigenvalue weighted by Crippen LogP contribution is -2.40. The number of carboxylic acid groups (broad SMARTS) is 2. The van der Waals surface area contributed by atoms with E-state index in [-0.39, 0.29) is 0 Å². The zero-order valence-electron chi connectivity index (χ0n) is 8.75. The van der Waals surface area contributed by atoms with Crippen molar-refractivity contribution >= 4 is 11.9 Å². The summed E-state index contributed by atoms with van der Waals surface area (Å²) in [7, 11) is 0. The molecule has 1 aromatic rings. The number of hydrogen-bond acceptors (Lipinski definition) is 3. The third kappa shape index (κ3) is 3.06. The molecule has 86 valence electrons. The Morgan fingerprint density at radius 2 is 1.69 bits per heavy atom. The smallest absolute Gasteiger partial charge is 0.325 e. The molecule has 0 aromatic heterocycles. The van der Waals surface area contributed by atoms with Crippen molar-refractivity contribution in [3.63, 3.8) is 0 Å². The van der Waals surface area contributed by atoms with E-state index in [0.29, 0.717) is 5.56 Å². The van der Waals surface area contributed by atoms with Crippen molar-refractivity contribution in [2.75, 3.05) is 0 Å². The first kappa shape index (κ1) is 12.2. The molecular formula is C11H13NO4. The van der Waals surface area contributed by atoms with Gasteiger partial charge in [-0.15, -0.1) is 0 Å². The van der Waals surface area contributed by atoms with Crippen molar-refractivity contribution in [1.29, 1.82) is 0 Å². The maximum Gasteiger partial charge on any atom is 0.325 e. The van der Waals surface area contributed by atoms with E-state index in [4.69, 9.17) is 10.2 Å². The van der Waals surface area contributed by atoms with Gasteiger partial charge in [0.05, 0.1) is 0 Å². The fourth-order valence-corrected chi connectivity index (χ4v) is 1.28. The topological polar surface area (TPSA) is 86.6 Å². The average molecular weight is 223 g/mol. The molecule has 3 N–H and O–H groups in total. The highest BCUT2D eigenvalue weighted by molar-refractivity contribution is 5.78. The fraction of sp³-hybridized carbons (Fsp3) is 0.273. The Hall–Kier alpha value is -1.88.